The molecule has 1 N–H and O–H groups in total. The van der Waals surface area contributed by atoms with E-state index in [4.69, 9.17) is 4.74 Å². The first-order valence-corrected chi connectivity index (χ1v) is 6.84. The Morgan fingerprint density at radius 2 is 1.84 bits per heavy atom. The van der Waals surface area contributed by atoms with Gasteiger partial charge in [-0.2, -0.15) is 0 Å². The van der Waals surface area contributed by atoms with Gasteiger partial charge >= 0.3 is 5.97 Å². The Balaban J connectivity index is 1.95. The summed E-state index contributed by atoms with van der Waals surface area (Å²) in [5, 5.41) is 3.42. The van der Waals surface area contributed by atoms with Crippen molar-refractivity contribution in [1.29, 1.82) is 0 Å². The Kier molecular flexibility index (Phi) is 3.95. The van der Waals surface area contributed by atoms with Gasteiger partial charge in [-0.15, -0.1) is 0 Å². The van der Waals surface area contributed by atoms with Crippen molar-refractivity contribution >= 4 is 5.97 Å². The summed E-state index contributed by atoms with van der Waals surface area (Å²) in [6, 6.07) is 4.41. The lowest BCUT2D eigenvalue weighted by atomic mass is 9.99. The Hall–Kier alpha value is -1.35. The van der Waals surface area contributed by atoms with Gasteiger partial charge in [0.05, 0.1) is 12.5 Å². The van der Waals surface area contributed by atoms with E-state index < -0.39 is 0 Å². The van der Waals surface area contributed by atoms with Crippen LogP contribution < -0.4 is 5.32 Å². The first kappa shape index (κ1) is 14.1. The number of hydrogen-bond donors (Lipinski definition) is 1. The first-order valence-electron chi connectivity index (χ1n) is 6.84. The molecule has 1 saturated carbocycles. The Labute approximate surface area is 115 Å². The molecule has 3 heteroatoms. The second-order valence-corrected chi connectivity index (χ2v) is 5.75. The van der Waals surface area contributed by atoms with Crippen molar-refractivity contribution in [1.82, 2.24) is 5.32 Å². The Morgan fingerprint density at radius 1 is 1.26 bits per heavy atom. The van der Waals surface area contributed by atoms with Crippen molar-refractivity contribution in [2.75, 3.05) is 13.7 Å². The third-order valence-electron chi connectivity index (χ3n) is 4.08. The highest BCUT2D eigenvalue weighted by Gasteiger charge is 2.50. The average Bonchev–Trinajstić information content (AvgIpc) is 3.12. The van der Waals surface area contributed by atoms with Crippen LogP contribution in [0, 0.1) is 26.2 Å². The number of rotatable bonds is 5. The molecule has 0 heterocycles. The molecule has 2 rings (SSSR count). The fourth-order valence-corrected chi connectivity index (χ4v) is 2.74. The lowest BCUT2D eigenvalue weighted by Crippen LogP contribution is -2.31. The summed E-state index contributed by atoms with van der Waals surface area (Å²) in [6.45, 7) is 7.94. The van der Waals surface area contributed by atoms with Crippen molar-refractivity contribution in [3.05, 3.63) is 34.4 Å². The van der Waals surface area contributed by atoms with Crippen molar-refractivity contribution in [2.24, 2.45) is 5.41 Å². The van der Waals surface area contributed by atoms with Crippen LogP contribution in [-0.2, 0) is 16.1 Å². The number of esters is 1. The number of nitrogens with one attached hydrogen (secondary N) is 1. The van der Waals surface area contributed by atoms with Crippen molar-refractivity contribution in [3.63, 3.8) is 0 Å². The van der Waals surface area contributed by atoms with Gasteiger partial charge in [0.2, 0.25) is 0 Å². The van der Waals surface area contributed by atoms with Crippen LogP contribution in [0.4, 0.5) is 0 Å². The number of carbonyl (C=O) groups is 1. The maximum Gasteiger partial charge on any atom is 0.313 e. The minimum atomic E-state index is -0.249. The second-order valence-electron chi connectivity index (χ2n) is 5.75. The normalized spacial score (nSPS) is 16.2. The van der Waals surface area contributed by atoms with Crippen LogP contribution in [0.3, 0.4) is 0 Å². The molecule has 3 nitrogen and oxygen atoms in total. The van der Waals surface area contributed by atoms with Gasteiger partial charge in [-0.1, -0.05) is 17.7 Å². The van der Waals surface area contributed by atoms with Gasteiger partial charge in [-0.25, -0.2) is 0 Å². The standard InChI is InChI=1S/C16H23NO2/c1-11-7-12(2)14(13(3)8-11)9-17-10-16(5-6-16)15(18)19-4/h7-8,17H,5-6,9-10H2,1-4H3. The fourth-order valence-electron chi connectivity index (χ4n) is 2.74. The highest BCUT2D eigenvalue weighted by molar-refractivity contribution is 5.80. The van der Waals surface area contributed by atoms with Crippen LogP contribution in [0.2, 0.25) is 0 Å². The molecule has 0 atom stereocenters. The molecular formula is C16H23NO2. The van der Waals surface area contributed by atoms with Gasteiger partial charge in [0.1, 0.15) is 0 Å². The molecular weight excluding hydrogens is 238 g/mol. The summed E-state index contributed by atoms with van der Waals surface area (Å²) < 4.78 is 4.86. The van der Waals surface area contributed by atoms with E-state index in [0.29, 0.717) is 6.54 Å². The zero-order valence-electron chi connectivity index (χ0n) is 12.3. The van der Waals surface area contributed by atoms with Gasteiger partial charge in [0, 0.05) is 13.1 Å². The summed E-state index contributed by atoms with van der Waals surface area (Å²) in [5.41, 5.74) is 5.01. The second kappa shape index (κ2) is 5.33. The molecule has 0 unspecified atom stereocenters. The summed E-state index contributed by atoms with van der Waals surface area (Å²) in [5.74, 6) is -0.0719. The van der Waals surface area contributed by atoms with Crippen LogP contribution >= 0.6 is 0 Å². The van der Waals surface area contributed by atoms with Gasteiger partial charge in [-0.3, -0.25) is 4.79 Å². The smallest absolute Gasteiger partial charge is 0.313 e. The molecule has 0 aliphatic heterocycles. The molecule has 1 aromatic carbocycles. The topological polar surface area (TPSA) is 38.3 Å². The molecule has 0 bridgehead atoms. The third kappa shape index (κ3) is 2.98. The van der Waals surface area contributed by atoms with E-state index in [1.807, 2.05) is 0 Å². The first-order chi connectivity index (χ1) is 8.98. The molecule has 0 radical (unpaired) electrons. The van der Waals surface area contributed by atoms with Gasteiger partial charge < -0.3 is 10.1 Å². The number of carbonyl (C=O) groups excluding carboxylic acids is 1. The molecule has 0 saturated heterocycles. The maximum absolute atomic E-state index is 11.7. The molecule has 104 valence electrons. The summed E-state index contributed by atoms with van der Waals surface area (Å²) in [6.07, 6.45) is 1.89. The Bertz CT molecular complexity index is 467. The van der Waals surface area contributed by atoms with Crippen LogP contribution in [0.15, 0.2) is 12.1 Å². The van der Waals surface area contributed by atoms with Crippen LogP contribution in [0.25, 0.3) is 0 Å². The minimum Gasteiger partial charge on any atom is -0.469 e. The van der Waals surface area contributed by atoms with E-state index in [1.54, 1.807) is 0 Å². The number of methoxy groups -OCH3 is 1. The highest BCUT2D eigenvalue weighted by Crippen LogP contribution is 2.46. The zero-order chi connectivity index (χ0) is 14.0. The predicted octanol–water partition coefficient (Wildman–Crippen LogP) is 2.65. The molecule has 1 aromatic rings. The SMILES string of the molecule is COC(=O)C1(CNCc2c(C)cc(C)cc2C)CC1. The third-order valence-corrected chi connectivity index (χ3v) is 4.08. The maximum atomic E-state index is 11.7. The predicted molar refractivity (Wildman–Crippen MR) is 76.0 cm³/mol. The van der Waals surface area contributed by atoms with Crippen LogP contribution in [-0.4, -0.2) is 19.6 Å². The summed E-state index contributed by atoms with van der Waals surface area (Å²) >= 11 is 0. The zero-order valence-corrected chi connectivity index (χ0v) is 12.3. The van der Waals surface area contributed by atoms with Crippen molar-refractivity contribution < 1.29 is 9.53 Å². The lowest BCUT2D eigenvalue weighted by Gasteiger charge is -2.16. The molecule has 1 aliphatic carbocycles. The largest absolute Gasteiger partial charge is 0.469 e. The fraction of sp³-hybridized carbons (Fsp3) is 0.562. The molecule has 19 heavy (non-hydrogen) atoms. The van der Waals surface area contributed by atoms with Gasteiger partial charge in [-0.05, 0) is 50.3 Å². The Morgan fingerprint density at radius 3 is 2.32 bits per heavy atom. The van der Waals surface area contributed by atoms with Gasteiger partial charge in [0.25, 0.3) is 0 Å². The van der Waals surface area contributed by atoms with E-state index in [0.717, 1.165) is 19.4 Å². The van der Waals surface area contributed by atoms with E-state index in [1.165, 1.54) is 29.4 Å². The summed E-state index contributed by atoms with van der Waals surface area (Å²) in [4.78, 5) is 11.7. The quantitative estimate of drug-likeness (QED) is 0.828. The molecule has 0 spiro atoms. The van der Waals surface area contributed by atoms with E-state index >= 15 is 0 Å². The van der Waals surface area contributed by atoms with Crippen molar-refractivity contribution in [3.8, 4) is 0 Å². The van der Waals surface area contributed by atoms with Crippen molar-refractivity contribution in [2.45, 2.75) is 40.2 Å². The number of benzene rings is 1. The molecule has 1 aliphatic rings. The number of aryl methyl sites for hydroxylation is 3. The van der Waals surface area contributed by atoms with E-state index in [9.17, 15) is 4.79 Å². The van der Waals surface area contributed by atoms with Gasteiger partial charge in [0.15, 0.2) is 0 Å². The average molecular weight is 261 g/mol. The summed E-state index contributed by atoms with van der Waals surface area (Å²) in [7, 11) is 1.47. The minimum absolute atomic E-state index is 0.0719. The lowest BCUT2D eigenvalue weighted by molar-refractivity contribution is -0.146. The van der Waals surface area contributed by atoms with E-state index in [-0.39, 0.29) is 11.4 Å². The van der Waals surface area contributed by atoms with Crippen LogP contribution in [0.5, 0.6) is 0 Å². The number of ether oxygens (including phenoxy) is 1. The monoisotopic (exact) mass is 261 g/mol. The molecule has 0 aromatic heterocycles. The van der Waals surface area contributed by atoms with Crippen LogP contribution in [0.1, 0.15) is 35.1 Å². The molecule has 1 fully saturated rings. The van der Waals surface area contributed by atoms with E-state index in [2.05, 4.69) is 38.2 Å². The molecule has 0 amide bonds. The highest BCUT2D eigenvalue weighted by atomic mass is 16.5. The number of hydrogen-bond acceptors (Lipinski definition) is 3.